The van der Waals surface area contributed by atoms with E-state index in [0.29, 0.717) is 18.8 Å². The van der Waals surface area contributed by atoms with Crippen molar-refractivity contribution in [3.8, 4) is 0 Å². The van der Waals surface area contributed by atoms with Crippen LogP contribution in [0.5, 0.6) is 0 Å². The number of nitrogens with zero attached hydrogens (tertiary/aromatic N) is 2. The molecule has 7 heteroatoms. The van der Waals surface area contributed by atoms with E-state index in [2.05, 4.69) is 41.1 Å². The maximum Gasteiger partial charge on any atom is 0.247 e. The molecular weight excluding hydrogens is 386 g/mol. The minimum atomic E-state index is -3.58. The van der Waals surface area contributed by atoms with Crippen LogP contribution in [-0.2, 0) is 21.2 Å². The van der Waals surface area contributed by atoms with Gasteiger partial charge in [0.25, 0.3) is 0 Å². The average molecular weight is 414 g/mol. The zero-order valence-corrected chi connectivity index (χ0v) is 17.3. The number of sulfonamides is 1. The van der Waals surface area contributed by atoms with Gasteiger partial charge in [-0.3, -0.25) is 4.79 Å². The van der Waals surface area contributed by atoms with E-state index in [1.165, 1.54) is 15.9 Å². The Morgan fingerprint density at radius 2 is 1.76 bits per heavy atom. The minimum Gasteiger partial charge on any atom is -0.322 e. The normalized spacial score (nSPS) is 15.7. The summed E-state index contributed by atoms with van der Waals surface area (Å²) in [6.45, 7) is 6.75. The first-order chi connectivity index (χ1) is 14.0. The fourth-order valence-electron chi connectivity index (χ4n) is 3.42. The highest BCUT2D eigenvalue weighted by atomic mass is 32.2. The molecule has 3 rings (SSSR count). The van der Waals surface area contributed by atoms with E-state index in [1.807, 2.05) is 6.07 Å². The lowest BCUT2D eigenvalue weighted by atomic mass is 10.1. The Kier molecular flexibility index (Phi) is 7.19. The molecule has 1 saturated heterocycles. The minimum absolute atomic E-state index is 0.192. The topological polar surface area (TPSA) is 69.7 Å². The summed E-state index contributed by atoms with van der Waals surface area (Å²) in [7, 11) is -3.58. The Hall–Kier alpha value is -2.48. The number of aryl methyl sites for hydroxylation is 1. The van der Waals surface area contributed by atoms with Gasteiger partial charge >= 0.3 is 0 Å². The van der Waals surface area contributed by atoms with Gasteiger partial charge in [-0.25, -0.2) is 8.42 Å². The van der Waals surface area contributed by atoms with E-state index in [9.17, 15) is 13.2 Å². The maximum atomic E-state index is 13.0. The van der Waals surface area contributed by atoms with Gasteiger partial charge in [0.15, 0.2) is 0 Å². The summed E-state index contributed by atoms with van der Waals surface area (Å²) in [6, 6.07) is 16.7. The molecule has 0 aliphatic carbocycles. The van der Waals surface area contributed by atoms with Crippen LogP contribution >= 0.6 is 0 Å². The molecule has 2 aromatic rings. The van der Waals surface area contributed by atoms with E-state index in [1.54, 1.807) is 18.2 Å². The Morgan fingerprint density at radius 1 is 1.03 bits per heavy atom. The molecule has 0 aromatic heterocycles. The largest absolute Gasteiger partial charge is 0.322 e. The molecule has 1 N–H and O–H groups in total. The van der Waals surface area contributed by atoms with Gasteiger partial charge < -0.3 is 10.2 Å². The van der Waals surface area contributed by atoms with Crippen LogP contribution in [0.25, 0.3) is 0 Å². The Morgan fingerprint density at radius 3 is 2.45 bits per heavy atom. The molecule has 0 bridgehead atoms. The van der Waals surface area contributed by atoms with Gasteiger partial charge in [-0.1, -0.05) is 43.0 Å². The molecule has 0 spiro atoms. The molecule has 6 nitrogen and oxygen atoms in total. The molecule has 154 valence electrons. The number of rotatable bonds is 8. The number of hydrogen-bond donors (Lipinski definition) is 1. The number of hydrogen-bond acceptors (Lipinski definition) is 4. The monoisotopic (exact) mass is 413 g/mol. The second-order valence-electron chi connectivity index (χ2n) is 7.06. The molecule has 1 aliphatic heterocycles. The van der Waals surface area contributed by atoms with Crippen molar-refractivity contribution >= 4 is 21.6 Å². The van der Waals surface area contributed by atoms with Gasteiger partial charge in [0, 0.05) is 31.9 Å². The number of carbonyl (C=O) groups is 1. The third kappa shape index (κ3) is 5.76. The van der Waals surface area contributed by atoms with E-state index < -0.39 is 10.0 Å². The lowest BCUT2D eigenvalue weighted by Crippen LogP contribution is -2.48. The second-order valence-corrected chi connectivity index (χ2v) is 8.99. The highest BCUT2D eigenvalue weighted by Gasteiger charge is 2.28. The molecule has 1 aliphatic rings. The zero-order chi connectivity index (χ0) is 20.7. The van der Waals surface area contributed by atoms with E-state index in [-0.39, 0.29) is 10.8 Å². The molecule has 1 amide bonds. The first-order valence-electron chi connectivity index (χ1n) is 9.79. The van der Waals surface area contributed by atoms with Crippen LogP contribution in [-0.4, -0.2) is 56.3 Å². The second kappa shape index (κ2) is 9.82. The Labute approximate surface area is 172 Å². The Balaban J connectivity index is 1.53. The van der Waals surface area contributed by atoms with Gasteiger partial charge in [0.05, 0.1) is 4.90 Å². The molecule has 2 aromatic carbocycles. The molecule has 0 saturated carbocycles. The fraction of sp³-hybridized carbons (Fsp3) is 0.318. The van der Waals surface area contributed by atoms with Gasteiger partial charge in [-0.05, 0) is 49.2 Å². The van der Waals surface area contributed by atoms with Crippen LogP contribution < -0.4 is 5.32 Å². The van der Waals surface area contributed by atoms with Crippen molar-refractivity contribution in [1.82, 2.24) is 9.21 Å². The highest BCUT2D eigenvalue weighted by molar-refractivity contribution is 7.89. The first kappa shape index (κ1) is 21.2. The van der Waals surface area contributed by atoms with Gasteiger partial charge in [0.1, 0.15) is 0 Å². The zero-order valence-electron chi connectivity index (χ0n) is 16.5. The van der Waals surface area contributed by atoms with Crippen molar-refractivity contribution < 1.29 is 13.2 Å². The molecule has 0 atom stereocenters. The predicted octanol–water partition coefficient (Wildman–Crippen LogP) is 2.75. The molecule has 0 unspecified atom stereocenters. The standard InChI is InChI=1S/C22H27N3O3S/c1-2-22(26)23-20-11-6-12-21(18-20)29(27,28)25-16-14-24(15-17-25)13-7-10-19-8-4-3-5-9-19/h2-6,8-9,11-12,18H,1,7,10,13-17H2,(H,23,26). The number of nitrogens with one attached hydrogen (secondary N) is 1. The van der Waals surface area contributed by atoms with Crippen molar-refractivity contribution in [3.05, 3.63) is 72.8 Å². The van der Waals surface area contributed by atoms with Crippen molar-refractivity contribution in [2.45, 2.75) is 17.7 Å². The van der Waals surface area contributed by atoms with Gasteiger partial charge in [-0.15, -0.1) is 0 Å². The van der Waals surface area contributed by atoms with E-state index >= 15 is 0 Å². The summed E-state index contributed by atoms with van der Waals surface area (Å²) < 4.78 is 27.5. The average Bonchev–Trinajstić information content (AvgIpc) is 2.75. The number of carbonyl (C=O) groups excluding carboxylic acids is 1. The predicted molar refractivity (Wildman–Crippen MR) is 115 cm³/mol. The lowest BCUT2D eigenvalue weighted by molar-refractivity contribution is -0.111. The molecule has 0 radical (unpaired) electrons. The lowest BCUT2D eigenvalue weighted by Gasteiger charge is -2.34. The molecule has 1 fully saturated rings. The summed E-state index contributed by atoms with van der Waals surface area (Å²) in [6.07, 6.45) is 3.24. The highest BCUT2D eigenvalue weighted by Crippen LogP contribution is 2.21. The van der Waals surface area contributed by atoms with Crippen LogP contribution in [0.4, 0.5) is 5.69 Å². The van der Waals surface area contributed by atoms with Gasteiger partial charge in [-0.2, -0.15) is 4.31 Å². The quantitative estimate of drug-likeness (QED) is 0.676. The van der Waals surface area contributed by atoms with Crippen LogP contribution in [0.3, 0.4) is 0 Å². The van der Waals surface area contributed by atoms with Gasteiger partial charge in [0.2, 0.25) is 15.9 Å². The van der Waals surface area contributed by atoms with Crippen LogP contribution in [0.2, 0.25) is 0 Å². The number of anilines is 1. The third-order valence-corrected chi connectivity index (χ3v) is 6.93. The SMILES string of the molecule is C=CC(=O)Nc1cccc(S(=O)(=O)N2CCN(CCCc3ccccc3)CC2)c1. The van der Waals surface area contributed by atoms with Crippen molar-refractivity contribution in [1.29, 1.82) is 0 Å². The summed E-state index contributed by atoms with van der Waals surface area (Å²) in [5, 5.41) is 2.60. The number of piperazine rings is 1. The summed E-state index contributed by atoms with van der Waals surface area (Å²) in [5.74, 6) is -0.372. The number of benzene rings is 2. The fourth-order valence-corrected chi connectivity index (χ4v) is 4.89. The number of amides is 1. The van der Waals surface area contributed by atoms with Crippen molar-refractivity contribution in [2.75, 3.05) is 38.0 Å². The van der Waals surface area contributed by atoms with Crippen LogP contribution in [0.1, 0.15) is 12.0 Å². The smallest absolute Gasteiger partial charge is 0.247 e. The first-order valence-corrected chi connectivity index (χ1v) is 11.2. The van der Waals surface area contributed by atoms with E-state index in [4.69, 9.17) is 0 Å². The van der Waals surface area contributed by atoms with E-state index in [0.717, 1.165) is 38.6 Å². The maximum absolute atomic E-state index is 13.0. The summed E-state index contributed by atoms with van der Waals surface area (Å²) in [4.78, 5) is 14.0. The van der Waals surface area contributed by atoms with Crippen molar-refractivity contribution in [3.63, 3.8) is 0 Å². The van der Waals surface area contributed by atoms with Crippen molar-refractivity contribution in [2.24, 2.45) is 0 Å². The third-order valence-electron chi connectivity index (χ3n) is 5.04. The van der Waals surface area contributed by atoms with Crippen LogP contribution in [0, 0.1) is 0 Å². The summed E-state index contributed by atoms with van der Waals surface area (Å²) >= 11 is 0. The molecule has 29 heavy (non-hydrogen) atoms. The Bertz CT molecular complexity index is 937. The van der Waals surface area contributed by atoms with Crippen LogP contribution in [0.15, 0.2) is 72.1 Å². The molecule has 1 heterocycles. The summed E-state index contributed by atoms with van der Waals surface area (Å²) in [5.41, 5.74) is 1.77. The molecular formula is C22H27N3O3S.